The average Bonchev–Trinajstić information content (AvgIpc) is 2.86. The number of phenolic OH excluding ortho intramolecular Hbond substituents is 1. The first-order chi connectivity index (χ1) is 17.8. The second kappa shape index (κ2) is 11.6. The second-order valence-electron chi connectivity index (χ2n) is 8.87. The molecule has 0 saturated heterocycles. The highest BCUT2D eigenvalue weighted by molar-refractivity contribution is 5.89. The van der Waals surface area contributed by atoms with Crippen LogP contribution in [0.3, 0.4) is 0 Å². The summed E-state index contributed by atoms with van der Waals surface area (Å²) in [6, 6.07) is 10.2. The van der Waals surface area contributed by atoms with E-state index < -0.39 is 4.92 Å². The number of non-ortho nitro benzene ring substituents is 1. The maximum atomic E-state index is 12.0. The zero-order valence-corrected chi connectivity index (χ0v) is 21.5. The molecule has 9 heteroatoms. The quantitative estimate of drug-likeness (QED) is 0.373. The Bertz CT molecular complexity index is 1220. The average molecular weight is 510 g/mol. The van der Waals surface area contributed by atoms with Gasteiger partial charge in [0, 0.05) is 45.5 Å². The number of ether oxygens (including phenoxy) is 5. The Morgan fingerprint density at radius 3 is 1.57 bits per heavy atom. The number of aryl methyl sites for hydroxylation is 2. The van der Waals surface area contributed by atoms with Crippen LogP contribution in [0.5, 0.6) is 17.2 Å². The number of rotatable bonds is 3. The van der Waals surface area contributed by atoms with Gasteiger partial charge in [-0.15, -0.1) is 0 Å². The molecule has 1 aliphatic heterocycles. The molecule has 3 aromatic rings. The van der Waals surface area contributed by atoms with Crippen LogP contribution in [0.2, 0.25) is 0 Å². The third-order valence-corrected chi connectivity index (χ3v) is 6.17. The number of nitro benzene ring substituents is 1. The van der Waals surface area contributed by atoms with Crippen LogP contribution in [-0.2, 0) is 27.4 Å². The lowest BCUT2D eigenvalue weighted by molar-refractivity contribution is -0.384. The zero-order valence-electron chi connectivity index (χ0n) is 21.5. The van der Waals surface area contributed by atoms with Gasteiger partial charge in [-0.25, -0.2) is 0 Å². The van der Waals surface area contributed by atoms with Gasteiger partial charge in [0.2, 0.25) is 0 Å². The predicted octanol–water partition coefficient (Wildman–Crippen LogP) is 5.33. The minimum Gasteiger partial charge on any atom is -0.507 e. The molecule has 4 rings (SSSR count). The van der Waals surface area contributed by atoms with Crippen molar-refractivity contribution in [3.8, 4) is 39.5 Å². The SMILES string of the molecule is COc1c2cc(C)cc1-c1cc([N+](=O)[O-])cc(c1O)-c1cc(C)cc(c1OC)COCCOCCOC2. The third-order valence-electron chi connectivity index (χ3n) is 6.17. The van der Waals surface area contributed by atoms with Crippen molar-refractivity contribution in [1.29, 1.82) is 0 Å². The molecule has 0 aliphatic carbocycles. The van der Waals surface area contributed by atoms with Gasteiger partial charge >= 0.3 is 0 Å². The van der Waals surface area contributed by atoms with Crippen molar-refractivity contribution < 1.29 is 33.7 Å². The van der Waals surface area contributed by atoms with Crippen molar-refractivity contribution in [3.63, 3.8) is 0 Å². The van der Waals surface area contributed by atoms with Crippen molar-refractivity contribution in [2.45, 2.75) is 27.1 Å². The van der Waals surface area contributed by atoms with Gasteiger partial charge < -0.3 is 28.8 Å². The van der Waals surface area contributed by atoms with Crippen LogP contribution in [-0.4, -0.2) is 50.7 Å². The van der Waals surface area contributed by atoms with Gasteiger partial charge in [-0.05, 0) is 37.1 Å². The van der Waals surface area contributed by atoms with E-state index in [1.54, 1.807) is 0 Å². The molecule has 6 bridgehead atoms. The number of nitrogens with zero attached hydrogens (tertiary/aromatic N) is 1. The first-order valence-electron chi connectivity index (χ1n) is 11.9. The fraction of sp³-hybridized carbons (Fsp3) is 0.357. The fourth-order valence-corrected chi connectivity index (χ4v) is 4.63. The summed E-state index contributed by atoms with van der Waals surface area (Å²) in [4.78, 5) is 11.5. The number of aromatic hydroxyl groups is 1. The van der Waals surface area contributed by atoms with E-state index in [2.05, 4.69) is 0 Å². The van der Waals surface area contributed by atoms with Crippen LogP contribution < -0.4 is 9.47 Å². The van der Waals surface area contributed by atoms with Crippen LogP contribution in [0.15, 0.2) is 36.4 Å². The molecular weight excluding hydrogens is 478 g/mol. The molecular formula is C28H31NO8. The number of methoxy groups -OCH3 is 2. The summed E-state index contributed by atoms with van der Waals surface area (Å²) in [7, 11) is 3.05. The van der Waals surface area contributed by atoms with Gasteiger partial charge in [-0.1, -0.05) is 12.1 Å². The molecule has 0 spiro atoms. The van der Waals surface area contributed by atoms with Gasteiger partial charge in [-0.2, -0.15) is 0 Å². The Morgan fingerprint density at radius 2 is 1.16 bits per heavy atom. The Morgan fingerprint density at radius 1 is 0.730 bits per heavy atom. The van der Waals surface area contributed by atoms with Gasteiger partial charge in [0.05, 0.1) is 58.8 Å². The normalized spacial score (nSPS) is 14.4. The van der Waals surface area contributed by atoms with E-state index in [-0.39, 0.29) is 35.8 Å². The van der Waals surface area contributed by atoms with Crippen LogP contribution in [0.25, 0.3) is 22.3 Å². The van der Waals surface area contributed by atoms with Crippen molar-refractivity contribution in [1.82, 2.24) is 0 Å². The van der Waals surface area contributed by atoms with Gasteiger partial charge in [-0.3, -0.25) is 10.1 Å². The van der Waals surface area contributed by atoms with Crippen LogP contribution in [0, 0.1) is 24.0 Å². The lowest BCUT2D eigenvalue weighted by Crippen LogP contribution is -2.10. The maximum absolute atomic E-state index is 12.0. The van der Waals surface area contributed by atoms with Crippen LogP contribution in [0.4, 0.5) is 5.69 Å². The lowest BCUT2D eigenvalue weighted by Gasteiger charge is -2.20. The molecule has 1 N–H and O–H groups in total. The highest BCUT2D eigenvalue weighted by Gasteiger charge is 2.25. The van der Waals surface area contributed by atoms with Crippen LogP contribution in [0.1, 0.15) is 22.3 Å². The van der Waals surface area contributed by atoms with Gasteiger partial charge in [0.1, 0.15) is 17.2 Å². The minimum atomic E-state index is -0.475. The lowest BCUT2D eigenvalue weighted by atomic mass is 9.91. The van der Waals surface area contributed by atoms with Crippen LogP contribution >= 0.6 is 0 Å². The molecule has 9 nitrogen and oxygen atoms in total. The number of benzene rings is 3. The Hall–Kier alpha value is -3.66. The number of hydrogen-bond donors (Lipinski definition) is 1. The molecule has 0 unspecified atom stereocenters. The summed E-state index contributed by atoms with van der Waals surface area (Å²) < 4.78 is 28.7. The van der Waals surface area contributed by atoms with Gasteiger partial charge in [0.25, 0.3) is 5.69 Å². The van der Waals surface area contributed by atoms with E-state index in [4.69, 9.17) is 23.7 Å². The third kappa shape index (κ3) is 5.69. The van der Waals surface area contributed by atoms with E-state index in [9.17, 15) is 15.2 Å². The molecule has 0 saturated carbocycles. The smallest absolute Gasteiger partial charge is 0.270 e. The molecule has 0 amide bonds. The van der Waals surface area contributed by atoms with Gasteiger partial charge in [0.15, 0.2) is 0 Å². The Kier molecular flexibility index (Phi) is 8.27. The number of hydrogen-bond acceptors (Lipinski definition) is 8. The summed E-state index contributed by atoms with van der Waals surface area (Å²) in [6.45, 7) is 5.85. The summed E-state index contributed by atoms with van der Waals surface area (Å²) in [6.07, 6.45) is 0. The summed E-state index contributed by atoms with van der Waals surface area (Å²) in [5, 5.41) is 23.6. The second-order valence-corrected chi connectivity index (χ2v) is 8.87. The topological polar surface area (TPSA) is 110 Å². The van der Waals surface area contributed by atoms with Crippen molar-refractivity contribution >= 4 is 5.69 Å². The van der Waals surface area contributed by atoms with Crippen molar-refractivity contribution in [3.05, 3.63) is 68.8 Å². The summed E-state index contributed by atoms with van der Waals surface area (Å²) >= 11 is 0. The molecule has 0 radical (unpaired) electrons. The van der Waals surface area contributed by atoms with E-state index in [0.29, 0.717) is 49.1 Å². The number of phenols is 1. The summed E-state index contributed by atoms with van der Waals surface area (Å²) in [5.41, 5.74) is 4.72. The predicted molar refractivity (Wildman–Crippen MR) is 138 cm³/mol. The van der Waals surface area contributed by atoms with E-state index in [1.807, 2.05) is 38.1 Å². The molecule has 196 valence electrons. The number of nitro groups is 1. The molecule has 37 heavy (non-hydrogen) atoms. The van der Waals surface area contributed by atoms with E-state index >= 15 is 0 Å². The largest absolute Gasteiger partial charge is 0.507 e. The monoisotopic (exact) mass is 509 g/mol. The maximum Gasteiger partial charge on any atom is 0.270 e. The van der Waals surface area contributed by atoms with E-state index in [0.717, 1.165) is 22.3 Å². The number of fused-ring (bicyclic) bond motifs is 8. The first kappa shape index (κ1) is 26.4. The molecule has 0 aromatic heterocycles. The molecule has 3 aromatic carbocycles. The van der Waals surface area contributed by atoms with Crippen molar-refractivity contribution in [2.24, 2.45) is 0 Å². The minimum absolute atomic E-state index is 0.119. The zero-order chi connectivity index (χ0) is 26.5. The molecule has 0 fully saturated rings. The fourth-order valence-electron chi connectivity index (χ4n) is 4.63. The Balaban J connectivity index is 2.03. The van der Waals surface area contributed by atoms with Crippen molar-refractivity contribution in [2.75, 3.05) is 40.6 Å². The molecule has 1 heterocycles. The highest BCUT2D eigenvalue weighted by Crippen LogP contribution is 2.48. The first-order valence-corrected chi connectivity index (χ1v) is 11.9. The molecule has 0 atom stereocenters. The van der Waals surface area contributed by atoms with E-state index in [1.165, 1.54) is 26.4 Å². The standard InChI is InChI=1S/C28H31NO8/c1-17-9-19-15-36-7-5-35-6-8-37-16-20-10-18(2)12-25(28(20)34-4)23-14-21(29(31)32)13-22(26(23)30)24(11-17)27(19)33-3/h9-14,30H,5-8,15-16H2,1-4H3. The highest BCUT2D eigenvalue weighted by atomic mass is 16.6. The molecule has 1 aliphatic rings. The Labute approximate surface area is 215 Å². The summed E-state index contributed by atoms with van der Waals surface area (Å²) in [5.74, 6) is 0.825.